The van der Waals surface area contributed by atoms with Gasteiger partial charge in [-0.2, -0.15) is 0 Å². The second kappa shape index (κ2) is 61.6. The summed E-state index contributed by atoms with van der Waals surface area (Å²) in [5, 5.41) is 10.6. The molecule has 0 aliphatic carbocycles. The van der Waals surface area contributed by atoms with Crippen molar-refractivity contribution in [1.29, 1.82) is 0 Å². The third kappa shape index (κ3) is 65.1. The first-order valence-electron chi connectivity index (χ1n) is 37.2. The van der Waals surface area contributed by atoms with Crippen LogP contribution in [0.15, 0.2) is 0 Å². The second-order valence-corrected chi connectivity index (χ2v) is 30.6. The van der Waals surface area contributed by atoms with Gasteiger partial charge in [0.15, 0.2) is 12.2 Å². The Kier molecular flexibility index (Phi) is 60.3. The van der Waals surface area contributed by atoms with Crippen LogP contribution in [0, 0.1) is 23.7 Å². The van der Waals surface area contributed by atoms with Crippen LogP contribution in [0.3, 0.4) is 0 Å². The number of hydrogen-bond acceptors (Lipinski definition) is 15. The predicted molar refractivity (Wildman–Crippen MR) is 367 cm³/mol. The Hall–Kier alpha value is -1.94. The summed E-state index contributed by atoms with van der Waals surface area (Å²) >= 11 is 0. The molecular formula is C72H140O17P2. The molecule has 0 aliphatic heterocycles. The zero-order valence-electron chi connectivity index (χ0n) is 59.5. The zero-order valence-corrected chi connectivity index (χ0v) is 61.3. The molecule has 3 unspecified atom stereocenters. The Morgan fingerprint density at radius 2 is 0.527 bits per heavy atom. The van der Waals surface area contributed by atoms with E-state index in [1.54, 1.807) is 0 Å². The van der Waals surface area contributed by atoms with Crippen LogP contribution in [-0.4, -0.2) is 96.7 Å². The highest BCUT2D eigenvalue weighted by Gasteiger charge is 2.30. The van der Waals surface area contributed by atoms with E-state index in [-0.39, 0.29) is 25.7 Å². The van der Waals surface area contributed by atoms with Crippen LogP contribution < -0.4 is 0 Å². The van der Waals surface area contributed by atoms with Crippen molar-refractivity contribution in [1.82, 2.24) is 0 Å². The number of carbonyl (C=O) groups excluding carboxylic acids is 4. The van der Waals surface area contributed by atoms with Crippen LogP contribution in [0.1, 0.15) is 357 Å². The third-order valence-corrected chi connectivity index (χ3v) is 18.8. The van der Waals surface area contributed by atoms with Gasteiger partial charge < -0.3 is 33.8 Å². The number of phosphoric ester groups is 2. The van der Waals surface area contributed by atoms with Gasteiger partial charge in [-0.25, -0.2) is 9.13 Å². The number of esters is 4. The quantitative estimate of drug-likeness (QED) is 0.0222. The van der Waals surface area contributed by atoms with Gasteiger partial charge in [0.2, 0.25) is 0 Å². The molecule has 0 aromatic rings. The van der Waals surface area contributed by atoms with Gasteiger partial charge in [0.1, 0.15) is 19.3 Å². The lowest BCUT2D eigenvalue weighted by atomic mass is 10.00. The summed E-state index contributed by atoms with van der Waals surface area (Å²) in [7, 11) is -9.90. The molecule has 0 aromatic heterocycles. The molecule has 3 N–H and O–H groups in total. The molecule has 17 nitrogen and oxygen atoms in total. The van der Waals surface area contributed by atoms with Crippen molar-refractivity contribution in [3.05, 3.63) is 0 Å². The van der Waals surface area contributed by atoms with E-state index in [0.29, 0.717) is 31.6 Å². The van der Waals surface area contributed by atoms with Gasteiger partial charge in [0, 0.05) is 25.7 Å². The lowest BCUT2D eigenvalue weighted by Gasteiger charge is -2.21. The molecule has 0 saturated carbocycles. The van der Waals surface area contributed by atoms with Gasteiger partial charge in [0.25, 0.3) is 0 Å². The monoisotopic (exact) mass is 1340 g/mol. The number of phosphoric acid groups is 2. The molecule has 0 rings (SSSR count). The molecule has 0 amide bonds. The van der Waals surface area contributed by atoms with Crippen LogP contribution in [0.2, 0.25) is 0 Å². The summed E-state index contributed by atoms with van der Waals surface area (Å²) in [6, 6.07) is 0. The summed E-state index contributed by atoms with van der Waals surface area (Å²) < 4.78 is 68.3. The van der Waals surface area contributed by atoms with Gasteiger partial charge in [-0.15, -0.1) is 0 Å². The van der Waals surface area contributed by atoms with E-state index in [0.717, 1.165) is 114 Å². The molecular weight excluding hydrogens is 1200 g/mol. The molecule has 540 valence electrons. The molecule has 0 aromatic carbocycles. The SMILES string of the molecule is CCC(C)CCCCCCCCC(=O)OC[C@H](COP(=O)(O)OC[C@H](O)COP(=O)(O)OC[C@@H](COC(=O)CCCCCCCCCCCCCCCCCC(C)C)OC(=O)CCCCCCCCCCCCCC(C)C)OC(=O)CCCCCCCCC(C)C. The first-order valence-corrected chi connectivity index (χ1v) is 40.2. The number of unbranched alkanes of at least 4 members (excludes halogenated alkanes) is 34. The Balaban J connectivity index is 5.21. The third-order valence-electron chi connectivity index (χ3n) is 16.9. The van der Waals surface area contributed by atoms with E-state index in [9.17, 15) is 43.2 Å². The van der Waals surface area contributed by atoms with Crippen molar-refractivity contribution in [3.63, 3.8) is 0 Å². The first kappa shape index (κ1) is 89.1. The predicted octanol–water partition coefficient (Wildman–Crippen LogP) is 20.5. The van der Waals surface area contributed by atoms with E-state index in [1.807, 2.05) is 0 Å². The highest BCUT2D eigenvalue weighted by molar-refractivity contribution is 7.47. The van der Waals surface area contributed by atoms with E-state index >= 15 is 0 Å². The topological polar surface area (TPSA) is 237 Å². The summed E-state index contributed by atoms with van der Waals surface area (Å²) in [5.41, 5.74) is 0. The molecule has 0 fully saturated rings. The Morgan fingerprint density at radius 1 is 0.308 bits per heavy atom. The van der Waals surface area contributed by atoms with Crippen molar-refractivity contribution in [2.45, 2.75) is 375 Å². The van der Waals surface area contributed by atoms with Crippen molar-refractivity contribution < 1.29 is 80.2 Å². The number of hydrogen-bond donors (Lipinski definition) is 3. The average Bonchev–Trinajstić information content (AvgIpc) is 3.56. The van der Waals surface area contributed by atoms with Crippen LogP contribution in [0.25, 0.3) is 0 Å². The van der Waals surface area contributed by atoms with Crippen molar-refractivity contribution in [2.75, 3.05) is 39.6 Å². The fourth-order valence-electron chi connectivity index (χ4n) is 10.8. The number of ether oxygens (including phenoxy) is 4. The summed E-state index contributed by atoms with van der Waals surface area (Å²) in [5.74, 6) is 0.840. The lowest BCUT2D eigenvalue weighted by Crippen LogP contribution is -2.30. The minimum atomic E-state index is -4.95. The number of carbonyl (C=O) groups is 4. The first-order chi connectivity index (χ1) is 43.6. The fraction of sp³-hybridized carbons (Fsp3) is 0.944. The maximum Gasteiger partial charge on any atom is 0.472 e. The van der Waals surface area contributed by atoms with Crippen molar-refractivity contribution >= 4 is 39.5 Å². The highest BCUT2D eigenvalue weighted by Crippen LogP contribution is 2.45. The Morgan fingerprint density at radius 3 is 0.780 bits per heavy atom. The fourth-order valence-corrected chi connectivity index (χ4v) is 12.4. The number of aliphatic hydroxyl groups excluding tert-OH is 1. The van der Waals surface area contributed by atoms with Crippen LogP contribution in [0.4, 0.5) is 0 Å². The normalized spacial score (nSPS) is 14.5. The van der Waals surface area contributed by atoms with Gasteiger partial charge in [-0.05, 0) is 49.4 Å². The molecule has 91 heavy (non-hydrogen) atoms. The van der Waals surface area contributed by atoms with Gasteiger partial charge >= 0.3 is 39.5 Å². The van der Waals surface area contributed by atoms with Crippen molar-refractivity contribution in [3.8, 4) is 0 Å². The molecule has 0 heterocycles. The largest absolute Gasteiger partial charge is 0.472 e. The summed E-state index contributed by atoms with van der Waals surface area (Å²) in [6.45, 7) is 14.1. The Bertz CT molecular complexity index is 1800. The smallest absolute Gasteiger partial charge is 0.462 e. The van der Waals surface area contributed by atoms with Crippen molar-refractivity contribution in [2.24, 2.45) is 23.7 Å². The molecule has 0 spiro atoms. The molecule has 0 bridgehead atoms. The maximum absolute atomic E-state index is 13.0. The molecule has 0 radical (unpaired) electrons. The minimum Gasteiger partial charge on any atom is -0.462 e. The van der Waals surface area contributed by atoms with E-state index in [4.69, 9.17) is 37.0 Å². The van der Waals surface area contributed by atoms with Gasteiger partial charge in [0.05, 0.1) is 26.4 Å². The van der Waals surface area contributed by atoms with E-state index in [1.165, 1.54) is 154 Å². The standard InChI is InChI=1S/C72H140O17P2/c1-9-65(8)51-43-35-29-31-37-45-53-70(75)83-59-68(89-72(77)55-47-39-30-28-34-42-50-64(6)7)61-87-91(80,81)85-57-66(73)56-84-90(78,79)86-60-67(88-71(76)54-46-38-27-23-19-15-17-21-25-33-41-49-63(4)5)58-82-69(74)52-44-36-26-22-18-14-12-10-11-13-16-20-24-32-40-48-62(2)3/h62-68,73H,9-61H2,1-8H3,(H,78,79)(H,80,81)/t65?,66-,67-,68-/m1/s1. The second-order valence-electron chi connectivity index (χ2n) is 27.6. The van der Waals surface area contributed by atoms with Crippen LogP contribution in [0.5, 0.6) is 0 Å². The molecule has 19 heteroatoms. The van der Waals surface area contributed by atoms with Gasteiger partial charge in [-0.3, -0.25) is 37.3 Å². The lowest BCUT2D eigenvalue weighted by molar-refractivity contribution is -0.161. The Labute approximate surface area is 556 Å². The molecule has 0 aliphatic rings. The van der Waals surface area contributed by atoms with E-state index in [2.05, 4.69) is 55.4 Å². The van der Waals surface area contributed by atoms with E-state index < -0.39 is 97.5 Å². The zero-order chi connectivity index (χ0) is 67.5. The summed E-state index contributed by atoms with van der Waals surface area (Å²) in [6.07, 6.45) is 44.7. The number of aliphatic hydroxyl groups is 1. The van der Waals surface area contributed by atoms with Crippen LogP contribution >= 0.6 is 15.6 Å². The summed E-state index contributed by atoms with van der Waals surface area (Å²) in [4.78, 5) is 72.6. The number of rotatable bonds is 69. The molecule has 6 atom stereocenters. The highest BCUT2D eigenvalue weighted by atomic mass is 31.2. The molecule has 0 saturated heterocycles. The van der Waals surface area contributed by atoms with Crippen LogP contribution in [-0.2, 0) is 65.4 Å². The average molecular weight is 1340 g/mol. The maximum atomic E-state index is 13.0. The van der Waals surface area contributed by atoms with Gasteiger partial charge in [-0.1, -0.05) is 306 Å². The minimum absolute atomic E-state index is 0.101.